The van der Waals surface area contributed by atoms with Gasteiger partial charge in [0.1, 0.15) is 25.0 Å². The van der Waals surface area contributed by atoms with Crippen LogP contribution in [-0.2, 0) is 18.4 Å². The quantitative estimate of drug-likeness (QED) is 0.781. The van der Waals surface area contributed by atoms with Crippen LogP contribution in [0.15, 0.2) is 17.4 Å². The normalized spacial score (nSPS) is 19.0. The van der Waals surface area contributed by atoms with Crippen molar-refractivity contribution in [2.75, 3.05) is 13.1 Å². The molecule has 0 atom stereocenters. The molecule has 2 aromatic heterocycles. The van der Waals surface area contributed by atoms with Gasteiger partial charge in [-0.15, -0.1) is 0 Å². The number of piperidine rings is 1. The molecule has 128 valence electrons. The van der Waals surface area contributed by atoms with E-state index in [2.05, 4.69) is 15.2 Å². The molecule has 3 heterocycles. The Morgan fingerprint density at radius 3 is 2.62 bits per heavy atom. The fourth-order valence-electron chi connectivity index (χ4n) is 3.39. The summed E-state index contributed by atoms with van der Waals surface area (Å²) in [5.41, 5.74) is -0.0165. The molecule has 1 amide bonds. The molecule has 1 aliphatic heterocycles. The molecular weight excluding hydrogens is 310 g/mol. The summed E-state index contributed by atoms with van der Waals surface area (Å²) in [4.78, 5) is 30.3. The van der Waals surface area contributed by atoms with Crippen LogP contribution in [0.3, 0.4) is 0 Å². The summed E-state index contributed by atoms with van der Waals surface area (Å²) in [7, 11) is 1.71. The van der Waals surface area contributed by atoms with E-state index >= 15 is 0 Å². The molecular formula is C15H21N7O2. The van der Waals surface area contributed by atoms with Gasteiger partial charge in [0.2, 0.25) is 5.91 Å². The van der Waals surface area contributed by atoms with E-state index in [0.717, 1.165) is 31.5 Å². The number of carbonyl (C=O) groups excluding carboxylic acids is 1. The lowest BCUT2D eigenvalue weighted by Gasteiger charge is -2.31. The van der Waals surface area contributed by atoms with Crippen LogP contribution in [0.5, 0.6) is 0 Å². The first-order valence-electron chi connectivity index (χ1n) is 8.39. The highest BCUT2D eigenvalue weighted by Gasteiger charge is 2.34. The molecule has 0 aromatic carbocycles. The van der Waals surface area contributed by atoms with E-state index in [1.807, 2.05) is 9.47 Å². The van der Waals surface area contributed by atoms with Gasteiger partial charge in [-0.25, -0.2) is 19.1 Å². The maximum atomic E-state index is 12.3. The van der Waals surface area contributed by atoms with Crippen molar-refractivity contribution in [2.24, 2.45) is 7.05 Å². The first-order valence-corrected chi connectivity index (χ1v) is 8.39. The minimum absolute atomic E-state index is 0.0165. The number of aryl methyl sites for hydroxylation is 1. The number of hydrogen-bond acceptors (Lipinski definition) is 5. The Hall–Kier alpha value is -2.45. The Morgan fingerprint density at radius 1 is 1.25 bits per heavy atom. The molecule has 0 spiro atoms. The van der Waals surface area contributed by atoms with Crippen molar-refractivity contribution in [1.82, 2.24) is 34.0 Å². The molecule has 9 heteroatoms. The topological polar surface area (TPSA) is 90.8 Å². The molecule has 0 N–H and O–H groups in total. The molecule has 4 rings (SSSR count). The van der Waals surface area contributed by atoms with E-state index in [9.17, 15) is 9.59 Å². The van der Waals surface area contributed by atoms with E-state index in [1.165, 1.54) is 15.7 Å². The summed E-state index contributed by atoms with van der Waals surface area (Å²) in [6.07, 6.45) is 6.78. The molecule has 0 unspecified atom stereocenters. The van der Waals surface area contributed by atoms with Crippen molar-refractivity contribution in [1.29, 1.82) is 0 Å². The Morgan fingerprint density at radius 2 is 2.00 bits per heavy atom. The lowest BCUT2D eigenvalue weighted by Crippen LogP contribution is -2.40. The molecule has 2 aromatic rings. The van der Waals surface area contributed by atoms with Crippen LogP contribution in [0.2, 0.25) is 0 Å². The highest BCUT2D eigenvalue weighted by atomic mass is 16.2. The van der Waals surface area contributed by atoms with Crippen molar-refractivity contribution < 1.29 is 4.79 Å². The number of hydrogen-bond donors (Lipinski definition) is 0. The maximum Gasteiger partial charge on any atom is 0.345 e. The van der Waals surface area contributed by atoms with Gasteiger partial charge in [-0.05, 0) is 25.7 Å². The van der Waals surface area contributed by atoms with Gasteiger partial charge < -0.3 is 4.90 Å². The van der Waals surface area contributed by atoms with E-state index in [-0.39, 0.29) is 24.1 Å². The third kappa shape index (κ3) is 2.74. The second-order valence-corrected chi connectivity index (χ2v) is 6.61. The summed E-state index contributed by atoms with van der Waals surface area (Å²) >= 11 is 0. The molecule has 2 fully saturated rings. The number of amides is 1. The molecule has 2 aliphatic rings. The van der Waals surface area contributed by atoms with Crippen molar-refractivity contribution >= 4 is 5.91 Å². The number of likely N-dealkylation sites (tertiary alicyclic amines) is 1. The second-order valence-electron chi connectivity index (χ2n) is 6.61. The largest absolute Gasteiger partial charge is 0.345 e. The van der Waals surface area contributed by atoms with Crippen LogP contribution in [0, 0.1) is 0 Å². The predicted molar refractivity (Wildman–Crippen MR) is 84.3 cm³/mol. The average Bonchev–Trinajstić information content (AvgIpc) is 3.21. The highest BCUT2D eigenvalue weighted by Crippen LogP contribution is 2.37. The first-order chi connectivity index (χ1) is 11.6. The molecule has 0 radical (unpaired) electrons. The van der Waals surface area contributed by atoms with E-state index in [4.69, 9.17) is 0 Å². The van der Waals surface area contributed by atoms with Gasteiger partial charge in [0.05, 0.1) is 0 Å². The molecule has 0 bridgehead atoms. The van der Waals surface area contributed by atoms with Crippen molar-refractivity contribution in [3.8, 4) is 0 Å². The lowest BCUT2D eigenvalue weighted by molar-refractivity contribution is -0.133. The number of carbonyl (C=O) groups is 1. The van der Waals surface area contributed by atoms with Gasteiger partial charge in [-0.1, -0.05) is 0 Å². The Balaban J connectivity index is 1.42. The zero-order valence-electron chi connectivity index (χ0n) is 13.7. The SMILES string of the molecule is Cn1nc(C2CCN(C(=O)Cn3cncn3)CC2)n(C2CC2)c1=O. The summed E-state index contributed by atoms with van der Waals surface area (Å²) in [6, 6.07) is 0.327. The summed E-state index contributed by atoms with van der Waals surface area (Å²) in [5.74, 6) is 1.20. The standard InChI is InChI=1S/C15H21N7O2/c1-19-15(24)22(12-2-3-12)14(18-19)11-4-6-20(7-5-11)13(23)8-21-10-16-9-17-21/h9-12H,2-8H2,1H3. The third-order valence-electron chi connectivity index (χ3n) is 4.87. The van der Waals surface area contributed by atoms with Crippen LogP contribution >= 0.6 is 0 Å². The van der Waals surface area contributed by atoms with Crippen molar-refractivity contribution in [3.05, 3.63) is 29.0 Å². The summed E-state index contributed by atoms with van der Waals surface area (Å²) < 4.78 is 4.85. The van der Waals surface area contributed by atoms with Crippen LogP contribution in [0.25, 0.3) is 0 Å². The Kier molecular flexibility index (Phi) is 3.70. The van der Waals surface area contributed by atoms with E-state index in [1.54, 1.807) is 13.4 Å². The van der Waals surface area contributed by atoms with E-state index in [0.29, 0.717) is 19.1 Å². The van der Waals surface area contributed by atoms with Gasteiger partial charge in [0.15, 0.2) is 0 Å². The van der Waals surface area contributed by atoms with Crippen LogP contribution in [-0.4, -0.2) is 53.0 Å². The van der Waals surface area contributed by atoms with Crippen molar-refractivity contribution in [2.45, 2.75) is 44.2 Å². The third-order valence-corrected chi connectivity index (χ3v) is 4.87. The van der Waals surface area contributed by atoms with Gasteiger partial charge in [-0.3, -0.25) is 9.36 Å². The van der Waals surface area contributed by atoms with E-state index < -0.39 is 0 Å². The predicted octanol–water partition coefficient (Wildman–Crippen LogP) is -0.0856. The van der Waals surface area contributed by atoms with Gasteiger partial charge in [-0.2, -0.15) is 10.2 Å². The van der Waals surface area contributed by atoms with Crippen LogP contribution < -0.4 is 5.69 Å². The fraction of sp³-hybridized carbons (Fsp3) is 0.667. The molecule has 1 saturated heterocycles. The van der Waals surface area contributed by atoms with Crippen LogP contribution in [0.4, 0.5) is 0 Å². The van der Waals surface area contributed by atoms with Crippen LogP contribution in [0.1, 0.15) is 43.5 Å². The fourth-order valence-corrected chi connectivity index (χ4v) is 3.39. The zero-order chi connectivity index (χ0) is 16.7. The molecule has 24 heavy (non-hydrogen) atoms. The second kappa shape index (κ2) is 5.88. The first kappa shape index (κ1) is 15.1. The molecule has 9 nitrogen and oxygen atoms in total. The number of nitrogens with zero attached hydrogens (tertiary/aromatic N) is 7. The monoisotopic (exact) mass is 331 g/mol. The molecule has 1 saturated carbocycles. The lowest BCUT2D eigenvalue weighted by atomic mass is 9.96. The minimum atomic E-state index is -0.0165. The average molecular weight is 331 g/mol. The smallest absolute Gasteiger partial charge is 0.341 e. The van der Waals surface area contributed by atoms with Gasteiger partial charge in [0, 0.05) is 32.1 Å². The van der Waals surface area contributed by atoms with Crippen molar-refractivity contribution in [3.63, 3.8) is 0 Å². The van der Waals surface area contributed by atoms with Gasteiger partial charge >= 0.3 is 5.69 Å². The summed E-state index contributed by atoms with van der Waals surface area (Å²) in [6.45, 7) is 1.60. The number of aromatic nitrogens is 6. The Bertz CT molecular complexity index is 779. The maximum absolute atomic E-state index is 12.3. The van der Waals surface area contributed by atoms with Gasteiger partial charge in [0.25, 0.3) is 0 Å². The highest BCUT2D eigenvalue weighted by molar-refractivity contribution is 5.75. The zero-order valence-corrected chi connectivity index (χ0v) is 13.7. The summed E-state index contributed by atoms with van der Waals surface area (Å²) in [5, 5.41) is 8.44. The number of rotatable bonds is 4. The Labute approximate surface area is 138 Å². The minimum Gasteiger partial charge on any atom is -0.341 e. The molecule has 1 aliphatic carbocycles.